The van der Waals surface area contributed by atoms with E-state index in [2.05, 4.69) is 19.2 Å². The molecular formula is C17H28N2O2. The van der Waals surface area contributed by atoms with Crippen molar-refractivity contribution in [1.29, 1.82) is 0 Å². The van der Waals surface area contributed by atoms with Crippen LogP contribution in [-0.2, 0) is 9.59 Å². The zero-order valence-corrected chi connectivity index (χ0v) is 13.6. The minimum Gasteiger partial charge on any atom is -0.351 e. The number of hydrogen-bond acceptors (Lipinski definition) is 2. The number of nitrogens with one attached hydrogen (secondary N) is 1. The van der Waals surface area contributed by atoms with Crippen LogP contribution in [0.4, 0.5) is 0 Å². The van der Waals surface area contributed by atoms with Gasteiger partial charge in [-0.3, -0.25) is 9.59 Å². The maximum atomic E-state index is 13.1. The zero-order chi connectivity index (χ0) is 15.3. The number of nitrogens with zero attached hydrogens (tertiary/aromatic N) is 1. The minimum absolute atomic E-state index is 0.0578. The molecule has 4 nitrogen and oxygen atoms in total. The van der Waals surface area contributed by atoms with Gasteiger partial charge in [-0.1, -0.05) is 0 Å². The number of rotatable bonds is 4. The molecule has 4 saturated carbocycles. The molecule has 4 rings (SSSR count). The Balaban J connectivity index is 1.90. The maximum Gasteiger partial charge on any atom is 0.228 e. The van der Waals surface area contributed by atoms with Crippen LogP contribution >= 0.6 is 0 Å². The Kier molecular flexibility index (Phi) is 3.53. The lowest BCUT2D eigenvalue weighted by Gasteiger charge is -2.61. The molecule has 1 N–H and O–H groups in total. The van der Waals surface area contributed by atoms with Crippen molar-refractivity contribution in [3.63, 3.8) is 0 Å². The SMILES string of the molecule is CCN(CC)C(=O)C12CC3CC(CC(NC(C)=O)(C3)C1)C2. The van der Waals surface area contributed by atoms with Crippen molar-refractivity contribution >= 4 is 11.8 Å². The predicted octanol–water partition coefficient (Wildman–Crippen LogP) is 2.33. The highest BCUT2D eigenvalue weighted by molar-refractivity contribution is 5.84. The molecule has 2 amide bonds. The van der Waals surface area contributed by atoms with E-state index >= 15 is 0 Å². The lowest BCUT2D eigenvalue weighted by Crippen LogP contribution is -2.66. The summed E-state index contributed by atoms with van der Waals surface area (Å²) in [5.74, 6) is 1.65. The molecule has 118 valence electrons. The fourth-order valence-corrected chi connectivity index (χ4v) is 5.88. The molecule has 4 heteroatoms. The van der Waals surface area contributed by atoms with Crippen LogP contribution in [0, 0.1) is 17.3 Å². The average molecular weight is 292 g/mol. The van der Waals surface area contributed by atoms with E-state index in [9.17, 15) is 9.59 Å². The molecule has 2 unspecified atom stereocenters. The van der Waals surface area contributed by atoms with Crippen molar-refractivity contribution < 1.29 is 9.59 Å². The summed E-state index contributed by atoms with van der Waals surface area (Å²) in [7, 11) is 0. The standard InChI is InChI=1S/C17H28N2O2/c1-4-19(5-2)15(21)16-7-13-6-14(8-16)10-17(9-13,11-16)18-12(3)20/h13-14H,4-11H2,1-3H3,(H,18,20). The summed E-state index contributed by atoms with van der Waals surface area (Å²) in [6.45, 7) is 7.31. The van der Waals surface area contributed by atoms with E-state index in [1.54, 1.807) is 6.92 Å². The lowest BCUT2D eigenvalue weighted by atomic mass is 9.46. The smallest absolute Gasteiger partial charge is 0.228 e. The number of amides is 2. The largest absolute Gasteiger partial charge is 0.351 e. The first-order valence-electron chi connectivity index (χ1n) is 8.50. The van der Waals surface area contributed by atoms with Crippen LogP contribution in [-0.4, -0.2) is 35.3 Å². The van der Waals surface area contributed by atoms with Crippen molar-refractivity contribution in [2.24, 2.45) is 17.3 Å². The fourth-order valence-electron chi connectivity index (χ4n) is 5.88. The van der Waals surface area contributed by atoms with Gasteiger partial charge in [0.2, 0.25) is 11.8 Å². The average Bonchev–Trinajstić information content (AvgIpc) is 2.36. The summed E-state index contributed by atoms with van der Waals surface area (Å²) in [5.41, 5.74) is -0.294. The monoisotopic (exact) mass is 292 g/mol. The lowest BCUT2D eigenvalue weighted by molar-refractivity contribution is -0.162. The molecule has 0 heterocycles. The molecule has 2 atom stereocenters. The minimum atomic E-state index is -0.196. The summed E-state index contributed by atoms with van der Waals surface area (Å²) < 4.78 is 0. The molecule has 21 heavy (non-hydrogen) atoms. The van der Waals surface area contributed by atoms with Crippen molar-refractivity contribution in [3.05, 3.63) is 0 Å². The topological polar surface area (TPSA) is 49.4 Å². The number of carbonyl (C=O) groups excluding carboxylic acids is 2. The van der Waals surface area contributed by atoms with Crippen molar-refractivity contribution in [2.75, 3.05) is 13.1 Å². The van der Waals surface area contributed by atoms with E-state index in [0.717, 1.165) is 45.2 Å². The molecule has 0 saturated heterocycles. The molecular weight excluding hydrogens is 264 g/mol. The van der Waals surface area contributed by atoms with Crippen LogP contribution in [0.3, 0.4) is 0 Å². The fraction of sp³-hybridized carbons (Fsp3) is 0.882. The number of hydrogen-bond donors (Lipinski definition) is 1. The third-order valence-electron chi connectivity index (χ3n) is 6.01. The van der Waals surface area contributed by atoms with Crippen LogP contribution < -0.4 is 5.32 Å². The summed E-state index contributed by atoms with van der Waals surface area (Å²) >= 11 is 0. The second-order valence-corrected chi connectivity index (χ2v) is 7.68. The van der Waals surface area contributed by atoms with Crippen LogP contribution in [0.5, 0.6) is 0 Å². The molecule has 0 aromatic rings. The van der Waals surface area contributed by atoms with E-state index < -0.39 is 0 Å². The summed E-state index contributed by atoms with van der Waals surface area (Å²) in [6, 6.07) is 0. The van der Waals surface area contributed by atoms with E-state index in [0.29, 0.717) is 17.7 Å². The van der Waals surface area contributed by atoms with E-state index in [1.807, 2.05) is 4.90 Å². The van der Waals surface area contributed by atoms with Gasteiger partial charge in [0.05, 0.1) is 5.41 Å². The van der Waals surface area contributed by atoms with Gasteiger partial charge in [-0.2, -0.15) is 0 Å². The van der Waals surface area contributed by atoms with Gasteiger partial charge >= 0.3 is 0 Å². The summed E-state index contributed by atoms with van der Waals surface area (Å²) in [5, 5.41) is 3.23. The van der Waals surface area contributed by atoms with Crippen LogP contribution in [0.25, 0.3) is 0 Å². The molecule has 4 aliphatic carbocycles. The quantitative estimate of drug-likeness (QED) is 0.864. The van der Waals surface area contributed by atoms with E-state index in [-0.39, 0.29) is 16.9 Å². The van der Waals surface area contributed by atoms with Crippen LogP contribution in [0.1, 0.15) is 59.3 Å². The van der Waals surface area contributed by atoms with Gasteiger partial charge in [-0.15, -0.1) is 0 Å². The molecule has 0 radical (unpaired) electrons. The second-order valence-electron chi connectivity index (χ2n) is 7.68. The molecule has 0 aromatic carbocycles. The molecule has 4 aliphatic rings. The first kappa shape index (κ1) is 14.9. The summed E-state index contributed by atoms with van der Waals surface area (Å²) in [4.78, 5) is 26.7. The zero-order valence-electron chi connectivity index (χ0n) is 13.6. The van der Waals surface area contributed by atoms with E-state index in [4.69, 9.17) is 0 Å². The Morgan fingerprint density at radius 3 is 2.14 bits per heavy atom. The van der Waals surface area contributed by atoms with Gasteiger partial charge in [0, 0.05) is 25.6 Å². The van der Waals surface area contributed by atoms with E-state index in [1.165, 1.54) is 6.42 Å². The van der Waals surface area contributed by atoms with Gasteiger partial charge in [-0.25, -0.2) is 0 Å². The highest BCUT2D eigenvalue weighted by Crippen LogP contribution is 2.62. The summed E-state index contributed by atoms with van der Waals surface area (Å²) in [6.07, 6.45) is 6.36. The Morgan fingerprint density at radius 1 is 1.10 bits per heavy atom. The van der Waals surface area contributed by atoms with Crippen molar-refractivity contribution in [2.45, 2.75) is 64.8 Å². The predicted molar refractivity (Wildman–Crippen MR) is 81.6 cm³/mol. The third-order valence-corrected chi connectivity index (χ3v) is 6.01. The molecule has 0 aromatic heterocycles. The first-order valence-corrected chi connectivity index (χ1v) is 8.50. The van der Waals surface area contributed by atoms with Gasteiger partial charge in [0.25, 0.3) is 0 Å². The Bertz CT molecular complexity index is 442. The highest BCUT2D eigenvalue weighted by Gasteiger charge is 2.61. The normalized spacial score (nSPS) is 40.1. The maximum absolute atomic E-state index is 13.1. The number of carbonyl (C=O) groups is 2. The molecule has 4 bridgehead atoms. The molecule has 4 fully saturated rings. The first-order chi connectivity index (χ1) is 9.92. The Hall–Kier alpha value is -1.06. The Morgan fingerprint density at radius 2 is 1.67 bits per heavy atom. The highest BCUT2D eigenvalue weighted by atomic mass is 16.2. The second kappa shape index (κ2) is 4.99. The van der Waals surface area contributed by atoms with Crippen molar-refractivity contribution in [3.8, 4) is 0 Å². The van der Waals surface area contributed by atoms with Crippen molar-refractivity contribution in [1.82, 2.24) is 10.2 Å². The van der Waals surface area contributed by atoms with Gasteiger partial charge < -0.3 is 10.2 Å². The van der Waals surface area contributed by atoms with Gasteiger partial charge in [0.1, 0.15) is 0 Å². The van der Waals surface area contributed by atoms with Gasteiger partial charge in [0.15, 0.2) is 0 Å². The molecule has 0 aliphatic heterocycles. The third kappa shape index (κ3) is 2.36. The Labute approximate surface area is 127 Å². The van der Waals surface area contributed by atoms with Crippen LogP contribution in [0.15, 0.2) is 0 Å². The van der Waals surface area contributed by atoms with Gasteiger partial charge in [-0.05, 0) is 64.2 Å². The molecule has 0 spiro atoms. The van der Waals surface area contributed by atoms with Crippen LogP contribution in [0.2, 0.25) is 0 Å².